The summed E-state index contributed by atoms with van der Waals surface area (Å²) in [4.78, 5) is 4.13. The molecule has 0 aromatic carbocycles. The van der Waals surface area contributed by atoms with Crippen molar-refractivity contribution in [3.05, 3.63) is 18.2 Å². The number of nitrogens with one attached hydrogen (secondary N) is 1. The Kier molecular flexibility index (Phi) is 5.69. The van der Waals surface area contributed by atoms with Crippen LogP contribution in [0.15, 0.2) is 12.5 Å². The molecule has 92 valence electrons. The van der Waals surface area contributed by atoms with Crippen molar-refractivity contribution in [3.8, 4) is 0 Å². The van der Waals surface area contributed by atoms with Crippen LogP contribution < -0.4 is 5.32 Å². The second-order valence-corrected chi connectivity index (χ2v) is 5.91. The van der Waals surface area contributed by atoms with Gasteiger partial charge in [-0.2, -0.15) is 0 Å². The minimum absolute atomic E-state index is 0.466. The van der Waals surface area contributed by atoms with Crippen LogP contribution in [0.5, 0.6) is 0 Å². The highest BCUT2D eigenvalue weighted by Gasteiger charge is 2.04. The van der Waals surface area contributed by atoms with Crippen molar-refractivity contribution in [1.29, 1.82) is 0 Å². The van der Waals surface area contributed by atoms with Crippen LogP contribution in [0, 0.1) is 0 Å². The van der Waals surface area contributed by atoms with E-state index < -0.39 is 10.8 Å². The lowest BCUT2D eigenvalue weighted by Crippen LogP contribution is -2.24. The first-order valence-corrected chi connectivity index (χ1v) is 7.19. The minimum atomic E-state index is -0.702. The van der Waals surface area contributed by atoms with Crippen molar-refractivity contribution in [2.75, 3.05) is 11.5 Å². The summed E-state index contributed by atoms with van der Waals surface area (Å²) < 4.78 is 13.4. The molecule has 0 aliphatic rings. The maximum absolute atomic E-state index is 11.3. The first kappa shape index (κ1) is 13.4. The van der Waals surface area contributed by atoms with Crippen molar-refractivity contribution in [2.45, 2.75) is 39.9 Å². The zero-order valence-electron chi connectivity index (χ0n) is 10.3. The standard InChI is InChI=1S/C11H21N3OS/c1-4-16(15)6-5-14-9-12-7-11(14)8-13-10(2)3/h7,9-10,13H,4-6,8H2,1-3H3. The summed E-state index contributed by atoms with van der Waals surface area (Å²) in [5.74, 6) is 1.44. The summed E-state index contributed by atoms with van der Waals surface area (Å²) in [7, 11) is -0.702. The number of hydrogen-bond donors (Lipinski definition) is 1. The third kappa shape index (κ3) is 4.45. The zero-order chi connectivity index (χ0) is 12.0. The third-order valence-electron chi connectivity index (χ3n) is 2.37. The van der Waals surface area contributed by atoms with Gasteiger partial charge in [-0.15, -0.1) is 0 Å². The van der Waals surface area contributed by atoms with Crippen LogP contribution in [-0.2, 0) is 23.9 Å². The van der Waals surface area contributed by atoms with Gasteiger partial charge in [0.15, 0.2) is 0 Å². The minimum Gasteiger partial charge on any atom is -0.332 e. The van der Waals surface area contributed by atoms with Crippen molar-refractivity contribution in [2.24, 2.45) is 0 Å². The fraction of sp³-hybridized carbons (Fsp3) is 0.727. The van der Waals surface area contributed by atoms with E-state index in [0.717, 1.165) is 24.5 Å². The van der Waals surface area contributed by atoms with Gasteiger partial charge in [-0.1, -0.05) is 20.8 Å². The number of aryl methyl sites for hydroxylation is 1. The van der Waals surface area contributed by atoms with Gasteiger partial charge in [0.05, 0.1) is 12.0 Å². The smallest absolute Gasteiger partial charge is 0.0948 e. The summed E-state index contributed by atoms with van der Waals surface area (Å²) >= 11 is 0. The van der Waals surface area contributed by atoms with Crippen LogP contribution >= 0.6 is 0 Å². The largest absolute Gasteiger partial charge is 0.332 e. The van der Waals surface area contributed by atoms with Gasteiger partial charge in [0, 0.05) is 47.6 Å². The Balaban J connectivity index is 2.47. The first-order valence-electron chi connectivity index (χ1n) is 5.70. The Bertz CT molecular complexity index is 336. The normalized spacial score (nSPS) is 13.2. The lowest BCUT2D eigenvalue weighted by atomic mass is 10.3. The maximum Gasteiger partial charge on any atom is 0.0948 e. The topological polar surface area (TPSA) is 46.9 Å². The van der Waals surface area contributed by atoms with Gasteiger partial charge in [-0.25, -0.2) is 4.98 Å². The predicted molar refractivity (Wildman–Crippen MR) is 67.8 cm³/mol. The summed E-state index contributed by atoms with van der Waals surface area (Å²) in [5, 5.41) is 3.35. The summed E-state index contributed by atoms with van der Waals surface area (Å²) in [6.45, 7) is 7.79. The van der Waals surface area contributed by atoms with Gasteiger partial charge in [0.1, 0.15) is 0 Å². The highest BCUT2D eigenvalue weighted by Crippen LogP contribution is 2.00. The monoisotopic (exact) mass is 243 g/mol. The van der Waals surface area contributed by atoms with Crippen molar-refractivity contribution in [3.63, 3.8) is 0 Å². The average Bonchev–Trinajstić information content (AvgIpc) is 2.70. The predicted octanol–water partition coefficient (Wildman–Crippen LogP) is 1.15. The van der Waals surface area contributed by atoms with Crippen LogP contribution in [0.3, 0.4) is 0 Å². The molecule has 0 saturated heterocycles. The Hall–Kier alpha value is -0.680. The first-order chi connectivity index (χ1) is 7.63. The molecule has 16 heavy (non-hydrogen) atoms. The SMILES string of the molecule is CCS(=O)CCn1cncc1CNC(C)C. The quantitative estimate of drug-likeness (QED) is 0.781. The Morgan fingerprint density at radius 2 is 2.31 bits per heavy atom. The molecule has 1 aromatic heterocycles. The third-order valence-corrected chi connectivity index (χ3v) is 3.65. The summed E-state index contributed by atoms with van der Waals surface area (Å²) in [5.41, 5.74) is 1.15. The highest BCUT2D eigenvalue weighted by atomic mass is 32.2. The van der Waals surface area contributed by atoms with Crippen LogP contribution in [0.4, 0.5) is 0 Å². The van der Waals surface area contributed by atoms with E-state index >= 15 is 0 Å². The molecular formula is C11H21N3OS. The molecule has 0 saturated carbocycles. The molecule has 0 aliphatic heterocycles. The number of hydrogen-bond acceptors (Lipinski definition) is 3. The average molecular weight is 243 g/mol. The summed E-state index contributed by atoms with van der Waals surface area (Å²) in [6.07, 6.45) is 3.68. The molecule has 0 bridgehead atoms. The van der Waals surface area contributed by atoms with E-state index in [2.05, 4.69) is 28.7 Å². The van der Waals surface area contributed by atoms with E-state index in [1.54, 1.807) is 0 Å². The van der Waals surface area contributed by atoms with Crippen molar-refractivity contribution in [1.82, 2.24) is 14.9 Å². The molecule has 1 heterocycles. The van der Waals surface area contributed by atoms with Crippen LogP contribution in [0.1, 0.15) is 26.5 Å². The van der Waals surface area contributed by atoms with Gasteiger partial charge in [-0.05, 0) is 0 Å². The van der Waals surface area contributed by atoms with Crippen molar-refractivity contribution < 1.29 is 4.21 Å². The molecule has 0 amide bonds. The number of nitrogens with zero attached hydrogens (tertiary/aromatic N) is 2. The Morgan fingerprint density at radius 3 is 2.94 bits per heavy atom. The molecule has 4 nitrogen and oxygen atoms in total. The summed E-state index contributed by atoms with van der Waals surface area (Å²) in [6, 6.07) is 0.466. The van der Waals surface area contributed by atoms with Crippen LogP contribution in [-0.4, -0.2) is 31.3 Å². The van der Waals surface area contributed by atoms with Crippen molar-refractivity contribution >= 4 is 10.8 Å². The van der Waals surface area contributed by atoms with E-state index in [1.165, 1.54) is 0 Å². The second-order valence-electron chi connectivity index (χ2n) is 4.05. The van der Waals surface area contributed by atoms with E-state index in [1.807, 2.05) is 19.4 Å². The van der Waals surface area contributed by atoms with E-state index in [9.17, 15) is 4.21 Å². The molecule has 1 atom stereocenters. The Morgan fingerprint density at radius 1 is 1.56 bits per heavy atom. The van der Waals surface area contributed by atoms with Gasteiger partial charge >= 0.3 is 0 Å². The van der Waals surface area contributed by atoms with Gasteiger partial charge in [0.2, 0.25) is 0 Å². The van der Waals surface area contributed by atoms with E-state index in [4.69, 9.17) is 0 Å². The van der Waals surface area contributed by atoms with Crippen LogP contribution in [0.25, 0.3) is 0 Å². The Labute approximate surface area is 99.9 Å². The molecule has 0 radical (unpaired) electrons. The lowest BCUT2D eigenvalue weighted by Gasteiger charge is -2.10. The lowest BCUT2D eigenvalue weighted by molar-refractivity contribution is 0.561. The molecule has 5 heteroatoms. The number of rotatable bonds is 7. The molecule has 0 fully saturated rings. The number of aromatic nitrogens is 2. The van der Waals surface area contributed by atoms with Gasteiger partial charge in [0.25, 0.3) is 0 Å². The fourth-order valence-corrected chi connectivity index (χ4v) is 2.04. The van der Waals surface area contributed by atoms with E-state index in [-0.39, 0.29) is 0 Å². The second kappa shape index (κ2) is 6.81. The zero-order valence-corrected chi connectivity index (χ0v) is 11.1. The van der Waals surface area contributed by atoms with Gasteiger partial charge < -0.3 is 9.88 Å². The van der Waals surface area contributed by atoms with Gasteiger partial charge in [-0.3, -0.25) is 4.21 Å². The highest BCUT2D eigenvalue weighted by molar-refractivity contribution is 7.84. The number of imidazole rings is 1. The molecule has 1 rings (SSSR count). The molecule has 0 spiro atoms. The molecule has 1 aromatic rings. The molecule has 0 aliphatic carbocycles. The van der Waals surface area contributed by atoms with E-state index in [0.29, 0.717) is 11.8 Å². The fourth-order valence-electron chi connectivity index (χ4n) is 1.35. The maximum atomic E-state index is 11.3. The molecular weight excluding hydrogens is 222 g/mol. The molecule has 1 unspecified atom stereocenters. The molecule has 1 N–H and O–H groups in total. The van der Waals surface area contributed by atoms with Crippen LogP contribution in [0.2, 0.25) is 0 Å².